The molecule has 1 heterocycles. The van der Waals surface area contributed by atoms with Crippen LogP contribution in [0.5, 0.6) is 0 Å². The number of hydrogen-bond donors (Lipinski definition) is 0. The lowest BCUT2D eigenvalue weighted by Gasteiger charge is -2.06. The van der Waals surface area contributed by atoms with Crippen molar-refractivity contribution in [1.82, 2.24) is 20.2 Å². The van der Waals surface area contributed by atoms with Crippen LogP contribution in [0.4, 0.5) is 5.69 Å². The van der Waals surface area contributed by atoms with Crippen LogP contribution in [0.25, 0.3) is 0 Å². The molecule has 0 saturated heterocycles. The maximum atomic E-state index is 10.7. The summed E-state index contributed by atoms with van der Waals surface area (Å²) >= 11 is 1.47. The van der Waals surface area contributed by atoms with Crippen LogP contribution >= 0.6 is 11.8 Å². The minimum Gasteiger partial charge on any atom is -0.258 e. The molecule has 0 N–H and O–H groups in total. The lowest BCUT2D eigenvalue weighted by molar-refractivity contribution is -0.384. The van der Waals surface area contributed by atoms with E-state index >= 15 is 0 Å². The van der Waals surface area contributed by atoms with Gasteiger partial charge in [0.05, 0.1) is 4.92 Å². The van der Waals surface area contributed by atoms with Gasteiger partial charge in [0.15, 0.2) is 0 Å². The lowest BCUT2D eigenvalue weighted by Crippen LogP contribution is -2.07. The molecular weight excluding hydrogens is 278 g/mol. The summed E-state index contributed by atoms with van der Waals surface area (Å²) in [6, 6.07) is 6.60. The summed E-state index contributed by atoms with van der Waals surface area (Å²) in [7, 11) is 0. The standard InChI is InChI=1S/C12H15N5O2S/c1-9(2)7-16-12(13-14-15-16)20-8-10-4-3-5-11(6-10)17(18)19/h3-6,9H,7-8H2,1-2H3. The fraction of sp³-hybridized carbons (Fsp3) is 0.417. The normalized spacial score (nSPS) is 10.9. The number of thioether (sulfide) groups is 1. The maximum Gasteiger partial charge on any atom is 0.269 e. The first-order valence-electron chi connectivity index (χ1n) is 6.18. The topological polar surface area (TPSA) is 86.7 Å². The number of benzene rings is 1. The number of nitro benzene ring substituents is 1. The van der Waals surface area contributed by atoms with Gasteiger partial charge in [-0.25, -0.2) is 4.68 Å². The highest BCUT2D eigenvalue weighted by molar-refractivity contribution is 7.98. The van der Waals surface area contributed by atoms with E-state index in [4.69, 9.17) is 0 Å². The summed E-state index contributed by atoms with van der Waals surface area (Å²) in [5.74, 6) is 1.05. The van der Waals surface area contributed by atoms with Crippen LogP contribution in [0, 0.1) is 16.0 Å². The van der Waals surface area contributed by atoms with Gasteiger partial charge in [0, 0.05) is 24.4 Å². The smallest absolute Gasteiger partial charge is 0.258 e. The first-order valence-corrected chi connectivity index (χ1v) is 7.17. The highest BCUT2D eigenvalue weighted by Crippen LogP contribution is 2.22. The van der Waals surface area contributed by atoms with E-state index < -0.39 is 4.92 Å². The van der Waals surface area contributed by atoms with Crippen molar-refractivity contribution in [2.75, 3.05) is 0 Å². The second-order valence-electron chi connectivity index (χ2n) is 4.75. The molecule has 0 spiro atoms. The number of aromatic nitrogens is 4. The van der Waals surface area contributed by atoms with Crippen molar-refractivity contribution in [3.05, 3.63) is 39.9 Å². The molecule has 1 aromatic heterocycles. The van der Waals surface area contributed by atoms with E-state index in [0.717, 1.165) is 17.3 Å². The number of nitro groups is 1. The van der Waals surface area contributed by atoms with Crippen LogP contribution in [0.2, 0.25) is 0 Å². The van der Waals surface area contributed by atoms with Gasteiger partial charge in [0.25, 0.3) is 5.69 Å². The number of rotatable bonds is 6. The largest absolute Gasteiger partial charge is 0.269 e. The van der Waals surface area contributed by atoms with E-state index in [1.165, 1.54) is 17.8 Å². The molecule has 2 aromatic rings. The average molecular weight is 293 g/mol. The van der Waals surface area contributed by atoms with Crippen molar-refractivity contribution in [2.45, 2.75) is 31.3 Å². The summed E-state index contributed by atoms with van der Waals surface area (Å²) < 4.78 is 1.76. The molecule has 0 radical (unpaired) electrons. The summed E-state index contributed by atoms with van der Waals surface area (Å²) in [6.45, 7) is 4.94. The summed E-state index contributed by atoms with van der Waals surface area (Å²) in [5.41, 5.74) is 0.980. The molecule has 0 bridgehead atoms. The van der Waals surface area contributed by atoms with Crippen molar-refractivity contribution >= 4 is 17.4 Å². The summed E-state index contributed by atoms with van der Waals surface area (Å²) in [5, 5.41) is 23.0. The molecule has 0 aliphatic rings. The van der Waals surface area contributed by atoms with Gasteiger partial charge < -0.3 is 0 Å². The third-order valence-corrected chi connectivity index (χ3v) is 3.55. The van der Waals surface area contributed by atoms with Crippen LogP contribution in [-0.4, -0.2) is 25.1 Å². The van der Waals surface area contributed by atoms with Crippen molar-refractivity contribution in [1.29, 1.82) is 0 Å². The van der Waals surface area contributed by atoms with Crippen LogP contribution in [0.1, 0.15) is 19.4 Å². The van der Waals surface area contributed by atoms with E-state index in [9.17, 15) is 10.1 Å². The van der Waals surface area contributed by atoms with E-state index in [0.29, 0.717) is 11.7 Å². The second kappa shape index (κ2) is 6.47. The molecule has 2 rings (SSSR count). The monoisotopic (exact) mass is 293 g/mol. The number of non-ortho nitro benzene ring substituents is 1. The zero-order chi connectivity index (χ0) is 14.5. The number of tetrazole rings is 1. The van der Waals surface area contributed by atoms with Crippen LogP contribution in [-0.2, 0) is 12.3 Å². The van der Waals surface area contributed by atoms with Gasteiger partial charge in [-0.2, -0.15) is 0 Å². The van der Waals surface area contributed by atoms with Gasteiger partial charge in [-0.15, -0.1) is 5.10 Å². The van der Waals surface area contributed by atoms with Crippen molar-refractivity contribution < 1.29 is 4.92 Å². The van der Waals surface area contributed by atoms with E-state index in [2.05, 4.69) is 29.4 Å². The molecule has 0 unspecified atom stereocenters. The lowest BCUT2D eigenvalue weighted by atomic mass is 10.2. The highest BCUT2D eigenvalue weighted by Gasteiger charge is 2.10. The van der Waals surface area contributed by atoms with E-state index in [-0.39, 0.29) is 5.69 Å². The molecular formula is C12H15N5O2S. The van der Waals surface area contributed by atoms with Gasteiger partial charge in [0.1, 0.15) is 0 Å². The number of hydrogen-bond acceptors (Lipinski definition) is 6. The quantitative estimate of drug-likeness (QED) is 0.462. The molecule has 20 heavy (non-hydrogen) atoms. The van der Waals surface area contributed by atoms with E-state index in [1.807, 2.05) is 6.07 Å². The minimum absolute atomic E-state index is 0.102. The first kappa shape index (κ1) is 14.4. The molecule has 0 aliphatic carbocycles. The van der Waals surface area contributed by atoms with Crippen molar-refractivity contribution in [3.63, 3.8) is 0 Å². The first-order chi connectivity index (χ1) is 9.56. The Bertz CT molecular complexity index is 599. The van der Waals surface area contributed by atoms with E-state index in [1.54, 1.807) is 16.8 Å². The van der Waals surface area contributed by atoms with Crippen LogP contribution in [0.3, 0.4) is 0 Å². The molecule has 0 saturated carbocycles. The summed E-state index contributed by atoms with van der Waals surface area (Å²) in [4.78, 5) is 10.3. The van der Waals surface area contributed by atoms with Crippen LogP contribution < -0.4 is 0 Å². The van der Waals surface area contributed by atoms with Crippen molar-refractivity contribution in [2.24, 2.45) is 5.92 Å². The number of nitrogens with zero attached hydrogens (tertiary/aromatic N) is 5. The molecule has 0 fully saturated rings. The molecule has 0 aliphatic heterocycles. The van der Waals surface area contributed by atoms with Gasteiger partial charge in [-0.05, 0) is 21.9 Å². The van der Waals surface area contributed by atoms with Gasteiger partial charge in [-0.3, -0.25) is 10.1 Å². The molecule has 1 aromatic carbocycles. The molecule has 7 nitrogen and oxygen atoms in total. The molecule has 0 amide bonds. The Balaban J connectivity index is 2.03. The Morgan fingerprint density at radius 2 is 2.25 bits per heavy atom. The van der Waals surface area contributed by atoms with Gasteiger partial charge in [-0.1, -0.05) is 37.7 Å². The third kappa shape index (κ3) is 3.77. The maximum absolute atomic E-state index is 10.7. The molecule has 0 atom stereocenters. The Kier molecular flexibility index (Phi) is 4.67. The predicted molar refractivity (Wildman–Crippen MR) is 75.3 cm³/mol. The zero-order valence-corrected chi connectivity index (χ0v) is 12.1. The van der Waals surface area contributed by atoms with Crippen LogP contribution in [0.15, 0.2) is 29.4 Å². The third-order valence-electron chi connectivity index (χ3n) is 2.53. The Labute approximate surface area is 120 Å². The predicted octanol–water partition coefficient (Wildman–Crippen LogP) is 2.53. The fourth-order valence-electron chi connectivity index (χ4n) is 1.67. The zero-order valence-electron chi connectivity index (χ0n) is 11.3. The average Bonchev–Trinajstić information content (AvgIpc) is 2.83. The SMILES string of the molecule is CC(C)Cn1nnnc1SCc1cccc([N+](=O)[O-])c1. The fourth-order valence-corrected chi connectivity index (χ4v) is 2.50. The van der Waals surface area contributed by atoms with Gasteiger partial charge >= 0.3 is 0 Å². The summed E-state index contributed by atoms with van der Waals surface area (Å²) in [6.07, 6.45) is 0. The molecule has 106 valence electrons. The van der Waals surface area contributed by atoms with Gasteiger partial charge in [0.2, 0.25) is 5.16 Å². The van der Waals surface area contributed by atoms with Crippen molar-refractivity contribution in [3.8, 4) is 0 Å². The Hall–Kier alpha value is -1.96. The Morgan fingerprint density at radius 3 is 2.95 bits per heavy atom. The second-order valence-corrected chi connectivity index (χ2v) is 5.70. The minimum atomic E-state index is -0.392. The molecule has 8 heteroatoms. The highest BCUT2D eigenvalue weighted by atomic mass is 32.2. The Morgan fingerprint density at radius 1 is 1.45 bits per heavy atom.